The molecule has 0 fully saturated rings. The number of halogens is 3. The molecule has 0 radical (unpaired) electrons. The molecule has 106 valence electrons. The summed E-state index contributed by atoms with van der Waals surface area (Å²) >= 11 is 0. The van der Waals surface area contributed by atoms with Crippen LogP contribution in [-0.2, 0) is 4.79 Å². The molecule has 0 heterocycles. The number of anilines is 1. The predicted molar refractivity (Wildman–Crippen MR) is 64.9 cm³/mol. The second kappa shape index (κ2) is 6.42. The Hall–Kier alpha value is -1.76. The predicted octanol–water partition coefficient (Wildman–Crippen LogP) is 2.52. The molecule has 0 saturated heterocycles. The van der Waals surface area contributed by atoms with Gasteiger partial charge in [0.2, 0.25) is 5.91 Å². The van der Waals surface area contributed by atoms with Crippen molar-refractivity contribution in [3.8, 4) is 5.75 Å². The Morgan fingerprint density at radius 1 is 1.26 bits per heavy atom. The number of hydrogen-bond donors (Lipinski definition) is 2. The average Bonchev–Trinajstić information content (AvgIpc) is 2.27. The van der Waals surface area contributed by atoms with Crippen molar-refractivity contribution in [3.63, 3.8) is 0 Å². The number of nitrogens with one attached hydrogen (secondary N) is 2. The molecule has 1 aromatic rings. The maximum Gasteiger partial charge on any atom is 0.573 e. The third-order valence-corrected chi connectivity index (χ3v) is 2.04. The Kier molecular flexibility index (Phi) is 5.17. The minimum atomic E-state index is -4.72. The lowest BCUT2D eigenvalue weighted by atomic mass is 10.3. The summed E-state index contributed by atoms with van der Waals surface area (Å²) in [5.41, 5.74) is 0.407. The van der Waals surface area contributed by atoms with Gasteiger partial charge in [-0.25, -0.2) is 0 Å². The summed E-state index contributed by atoms with van der Waals surface area (Å²) in [5, 5.41) is 5.47. The molecule has 0 atom stereocenters. The molecule has 0 aliphatic rings. The lowest BCUT2D eigenvalue weighted by Crippen LogP contribution is -2.32. The number of carbonyl (C=O) groups excluding carboxylic acids is 1. The van der Waals surface area contributed by atoms with Crippen molar-refractivity contribution < 1.29 is 22.7 Å². The van der Waals surface area contributed by atoms with Crippen molar-refractivity contribution in [2.45, 2.75) is 26.3 Å². The molecule has 1 rings (SSSR count). The second-order valence-corrected chi connectivity index (χ2v) is 4.16. The van der Waals surface area contributed by atoms with Crippen molar-refractivity contribution in [1.82, 2.24) is 5.32 Å². The molecule has 0 unspecified atom stereocenters. The lowest BCUT2D eigenvalue weighted by Gasteiger charge is -2.11. The van der Waals surface area contributed by atoms with Crippen LogP contribution < -0.4 is 15.4 Å². The van der Waals surface area contributed by atoms with E-state index < -0.39 is 6.36 Å². The molecule has 1 aromatic carbocycles. The molecule has 0 bridgehead atoms. The number of hydrogen-bond acceptors (Lipinski definition) is 3. The van der Waals surface area contributed by atoms with E-state index in [4.69, 9.17) is 0 Å². The van der Waals surface area contributed by atoms with Crippen molar-refractivity contribution >= 4 is 11.6 Å². The van der Waals surface area contributed by atoms with Crippen LogP contribution in [-0.4, -0.2) is 24.9 Å². The monoisotopic (exact) mass is 276 g/mol. The Morgan fingerprint density at radius 2 is 1.84 bits per heavy atom. The van der Waals surface area contributed by atoms with Crippen LogP contribution in [0.4, 0.5) is 18.9 Å². The van der Waals surface area contributed by atoms with Gasteiger partial charge in [0.05, 0.1) is 6.54 Å². The van der Waals surface area contributed by atoms with Crippen molar-refractivity contribution in [1.29, 1.82) is 0 Å². The fraction of sp³-hybridized carbons (Fsp3) is 0.417. The number of benzene rings is 1. The van der Waals surface area contributed by atoms with E-state index >= 15 is 0 Å². The summed E-state index contributed by atoms with van der Waals surface area (Å²) in [5.74, 6) is -0.594. The van der Waals surface area contributed by atoms with Gasteiger partial charge in [-0.1, -0.05) is 13.8 Å². The van der Waals surface area contributed by atoms with Gasteiger partial charge in [0.15, 0.2) is 0 Å². The van der Waals surface area contributed by atoms with E-state index in [2.05, 4.69) is 15.4 Å². The summed E-state index contributed by atoms with van der Waals surface area (Å²) in [7, 11) is 0. The zero-order valence-corrected chi connectivity index (χ0v) is 10.5. The van der Waals surface area contributed by atoms with E-state index in [-0.39, 0.29) is 24.2 Å². The van der Waals surface area contributed by atoms with Crippen LogP contribution in [0.25, 0.3) is 0 Å². The van der Waals surface area contributed by atoms with Gasteiger partial charge in [-0.05, 0) is 24.3 Å². The van der Waals surface area contributed by atoms with Gasteiger partial charge in [0.1, 0.15) is 5.75 Å². The van der Waals surface area contributed by atoms with Crippen LogP contribution in [0.5, 0.6) is 5.75 Å². The van der Waals surface area contributed by atoms with Gasteiger partial charge >= 0.3 is 6.36 Å². The van der Waals surface area contributed by atoms with Gasteiger partial charge in [-0.15, -0.1) is 13.2 Å². The van der Waals surface area contributed by atoms with E-state index in [1.165, 1.54) is 12.1 Å². The topological polar surface area (TPSA) is 50.4 Å². The molecular weight excluding hydrogens is 261 g/mol. The Bertz CT molecular complexity index is 416. The molecule has 4 nitrogen and oxygen atoms in total. The standard InChI is InChI=1S/C12H15F3N2O2/c1-8(2)16-7-11(18)17-9-3-5-10(6-4-9)19-12(13,14)15/h3-6,8,16H,7H2,1-2H3,(H,17,18). The SMILES string of the molecule is CC(C)NCC(=O)Nc1ccc(OC(F)(F)F)cc1. The smallest absolute Gasteiger partial charge is 0.406 e. The second-order valence-electron chi connectivity index (χ2n) is 4.16. The molecule has 7 heteroatoms. The molecule has 0 spiro atoms. The number of carbonyl (C=O) groups is 1. The van der Waals surface area contributed by atoms with Gasteiger partial charge in [-0.3, -0.25) is 4.79 Å². The molecular formula is C12H15F3N2O2. The van der Waals surface area contributed by atoms with E-state index in [1.807, 2.05) is 13.8 Å². The number of rotatable bonds is 5. The van der Waals surface area contributed by atoms with E-state index in [9.17, 15) is 18.0 Å². The first kappa shape index (κ1) is 15.3. The highest BCUT2D eigenvalue weighted by Gasteiger charge is 2.30. The van der Waals surface area contributed by atoms with Crippen LogP contribution in [0.3, 0.4) is 0 Å². The Balaban J connectivity index is 2.50. The van der Waals surface area contributed by atoms with Gasteiger partial charge in [0, 0.05) is 11.7 Å². The largest absolute Gasteiger partial charge is 0.573 e. The zero-order chi connectivity index (χ0) is 14.5. The summed E-state index contributed by atoms with van der Waals surface area (Å²) in [4.78, 5) is 11.4. The maximum atomic E-state index is 11.9. The number of ether oxygens (including phenoxy) is 1. The highest BCUT2D eigenvalue weighted by Crippen LogP contribution is 2.23. The van der Waals surface area contributed by atoms with E-state index in [0.29, 0.717) is 5.69 Å². The van der Waals surface area contributed by atoms with Gasteiger partial charge in [-0.2, -0.15) is 0 Å². The maximum absolute atomic E-state index is 11.9. The van der Waals surface area contributed by atoms with Crippen molar-refractivity contribution in [3.05, 3.63) is 24.3 Å². The number of amides is 1. The van der Waals surface area contributed by atoms with E-state index in [1.54, 1.807) is 0 Å². The highest BCUT2D eigenvalue weighted by atomic mass is 19.4. The normalized spacial score (nSPS) is 11.5. The van der Waals surface area contributed by atoms with E-state index in [0.717, 1.165) is 12.1 Å². The molecule has 0 aliphatic heterocycles. The van der Waals surface area contributed by atoms with Crippen LogP contribution >= 0.6 is 0 Å². The first-order valence-corrected chi connectivity index (χ1v) is 5.65. The minimum Gasteiger partial charge on any atom is -0.406 e. The Morgan fingerprint density at radius 3 is 2.32 bits per heavy atom. The molecule has 1 amide bonds. The van der Waals surface area contributed by atoms with Gasteiger partial charge in [0.25, 0.3) is 0 Å². The summed E-state index contributed by atoms with van der Waals surface area (Å²) < 4.78 is 39.5. The van der Waals surface area contributed by atoms with Crippen LogP contribution in [0.2, 0.25) is 0 Å². The van der Waals surface area contributed by atoms with Crippen molar-refractivity contribution in [2.75, 3.05) is 11.9 Å². The summed E-state index contributed by atoms with van der Waals surface area (Å²) in [6.07, 6.45) is -4.72. The number of alkyl halides is 3. The van der Waals surface area contributed by atoms with Crippen molar-refractivity contribution in [2.24, 2.45) is 0 Å². The molecule has 0 aromatic heterocycles. The Labute approximate surface area is 108 Å². The third-order valence-electron chi connectivity index (χ3n) is 2.04. The van der Waals surface area contributed by atoms with Gasteiger partial charge < -0.3 is 15.4 Å². The summed E-state index contributed by atoms with van der Waals surface area (Å²) in [6.45, 7) is 3.94. The molecule has 0 saturated carbocycles. The zero-order valence-electron chi connectivity index (χ0n) is 10.5. The molecule has 2 N–H and O–H groups in total. The van der Waals surface area contributed by atoms with Crippen LogP contribution in [0.15, 0.2) is 24.3 Å². The molecule has 19 heavy (non-hydrogen) atoms. The fourth-order valence-electron chi connectivity index (χ4n) is 1.24. The summed E-state index contributed by atoms with van der Waals surface area (Å²) in [6, 6.07) is 5.13. The first-order valence-electron chi connectivity index (χ1n) is 5.65. The van der Waals surface area contributed by atoms with Crippen LogP contribution in [0.1, 0.15) is 13.8 Å². The third kappa shape index (κ3) is 6.66. The quantitative estimate of drug-likeness (QED) is 0.869. The fourth-order valence-corrected chi connectivity index (χ4v) is 1.24. The minimum absolute atomic E-state index is 0.137. The first-order chi connectivity index (χ1) is 8.76. The average molecular weight is 276 g/mol. The highest BCUT2D eigenvalue weighted by molar-refractivity contribution is 5.92. The van der Waals surface area contributed by atoms with Crippen LogP contribution in [0, 0.1) is 0 Å². The molecule has 0 aliphatic carbocycles. The lowest BCUT2D eigenvalue weighted by molar-refractivity contribution is -0.274.